The van der Waals surface area contributed by atoms with E-state index in [9.17, 15) is 14.4 Å². The van der Waals surface area contributed by atoms with E-state index in [0.29, 0.717) is 24.4 Å². The lowest BCUT2D eigenvalue weighted by atomic mass is 9.90. The number of amides is 4. The molecule has 0 radical (unpaired) electrons. The molecule has 3 rings (SSSR count). The molecule has 1 spiro atoms. The van der Waals surface area contributed by atoms with Gasteiger partial charge in [-0.2, -0.15) is 0 Å². The van der Waals surface area contributed by atoms with Gasteiger partial charge < -0.3 is 10.6 Å². The molecule has 2 fully saturated rings. The molecule has 2 N–H and O–H groups in total. The smallest absolute Gasteiger partial charge is 0.325 e. The molecule has 0 unspecified atom stereocenters. The Morgan fingerprint density at radius 1 is 1.12 bits per heavy atom. The number of hydrogen-bond donors (Lipinski definition) is 2. The van der Waals surface area contributed by atoms with E-state index in [4.69, 9.17) is 0 Å². The van der Waals surface area contributed by atoms with Gasteiger partial charge in [0.05, 0.1) is 0 Å². The van der Waals surface area contributed by atoms with Crippen LogP contribution < -0.4 is 10.6 Å². The standard InChI is InChI=1S/C20H27N3O3/c1-14(2)15-7-9-16(10-8-15)21-17(24)13-23-18(25)20(22-19(23)26)11-5-3-4-6-12-20/h7-10,14H,3-6,11-13H2,1-2H3,(H,21,24)(H,22,26). The molecule has 1 saturated heterocycles. The fourth-order valence-corrected chi connectivity index (χ4v) is 3.79. The molecule has 1 aromatic rings. The number of rotatable bonds is 4. The minimum atomic E-state index is -0.799. The highest BCUT2D eigenvalue weighted by molar-refractivity contribution is 6.10. The molecule has 0 bridgehead atoms. The van der Waals surface area contributed by atoms with Gasteiger partial charge in [-0.05, 0) is 36.5 Å². The SMILES string of the molecule is CC(C)c1ccc(NC(=O)CN2C(=O)NC3(CCCCCC3)C2=O)cc1. The number of imide groups is 1. The number of nitrogens with zero attached hydrogens (tertiary/aromatic N) is 1. The van der Waals surface area contributed by atoms with Crippen molar-refractivity contribution < 1.29 is 14.4 Å². The number of benzene rings is 1. The lowest BCUT2D eigenvalue weighted by Crippen LogP contribution is -2.47. The van der Waals surface area contributed by atoms with Gasteiger partial charge in [0.15, 0.2) is 0 Å². The Hall–Kier alpha value is -2.37. The molecule has 4 amide bonds. The minimum Gasteiger partial charge on any atom is -0.325 e. The Labute approximate surface area is 154 Å². The summed E-state index contributed by atoms with van der Waals surface area (Å²) in [6.07, 6.45) is 5.33. The van der Waals surface area contributed by atoms with Gasteiger partial charge in [-0.15, -0.1) is 0 Å². The summed E-state index contributed by atoms with van der Waals surface area (Å²) < 4.78 is 0. The van der Waals surface area contributed by atoms with Gasteiger partial charge in [-0.25, -0.2) is 4.79 Å². The first kappa shape index (κ1) is 18.4. The zero-order valence-corrected chi connectivity index (χ0v) is 15.5. The van der Waals surface area contributed by atoms with Crippen LogP contribution in [0, 0.1) is 0 Å². The predicted octanol–water partition coefficient (Wildman–Crippen LogP) is 3.39. The molecule has 0 aromatic heterocycles. The minimum absolute atomic E-state index is 0.252. The van der Waals surface area contributed by atoms with Crippen molar-refractivity contribution in [2.45, 2.75) is 63.8 Å². The average Bonchev–Trinajstić information content (AvgIpc) is 2.77. The summed E-state index contributed by atoms with van der Waals surface area (Å²) in [4.78, 5) is 38.5. The molecular formula is C20H27N3O3. The maximum absolute atomic E-state index is 12.8. The molecule has 1 aliphatic heterocycles. The van der Waals surface area contributed by atoms with Crippen molar-refractivity contribution in [2.24, 2.45) is 0 Å². The Bertz CT molecular complexity index is 689. The van der Waals surface area contributed by atoms with Crippen LogP contribution in [-0.2, 0) is 9.59 Å². The highest BCUT2D eigenvalue weighted by Crippen LogP contribution is 2.32. The first-order valence-corrected chi connectivity index (χ1v) is 9.45. The Balaban J connectivity index is 1.63. The Morgan fingerprint density at radius 3 is 2.31 bits per heavy atom. The van der Waals surface area contributed by atoms with E-state index >= 15 is 0 Å². The quantitative estimate of drug-likeness (QED) is 0.811. The van der Waals surface area contributed by atoms with Crippen LogP contribution in [0.25, 0.3) is 0 Å². The molecule has 26 heavy (non-hydrogen) atoms. The van der Waals surface area contributed by atoms with Crippen molar-refractivity contribution in [1.29, 1.82) is 0 Å². The summed E-state index contributed by atoms with van der Waals surface area (Å²) in [6, 6.07) is 7.16. The number of nitrogens with one attached hydrogen (secondary N) is 2. The number of anilines is 1. The third-order valence-electron chi connectivity index (χ3n) is 5.37. The maximum Gasteiger partial charge on any atom is 0.325 e. The molecule has 6 nitrogen and oxygen atoms in total. The van der Waals surface area contributed by atoms with E-state index in [1.54, 1.807) is 0 Å². The van der Waals surface area contributed by atoms with E-state index in [1.165, 1.54) is 5.56 Å². The van der Waals surface area contributed by atoms with Crippen LogP contribution in [0.15, 0.2) is 24.3 Å². The van der Waals surface area contributed by atoms with Crippen molar-refractivity contribution in [2.75, 3.05) is 11.9 Å². The van der Waals surface area contributed by atoms with Crippen molar-refractivity contribution >= 4 is 23.5 Å². The lowest BCUT2D eigenvalue weighted by Gasteiger charge is -2.24. The van der Waals surface area contributed by atoms with Gasteiger partial charge in [0.2, 0.25) is 5.91 Å². The van der Waals surface area contributed by atoms with E-state index in [2.05, 4.69) is 24.5 Å². The molecule has 6 heteroatoms. The van der Waals surface area contributed by atoms with Crippen LogP contribution in [0.5, 0.6) is 0 Å². The zero-order valence-electron chi connectivity index (χ0n) is 15.5. The van der Waals surface area contributed by atoms with Crippen LogP contribution in [0.1, 0.15) is 63.9 Å². The van der Waals surface area contributed by atoms with E-state index in [1.807, 2.05) is 24.3 Å². The van der Waals surface area contributed by atoms with Crippen molar-refractivity contribution in [3.05, 3.63) is 29.8 Å². The second-order valence-corrected chi connectivity index (χ2v) is 7.64. The van der Waals surface area contributed by atoms with Crippen LogP contribution in [0.3, 0.4) is 0 Å². The number of carbonyl (C=O) groups is 3. The highest BCUT2D eigenvalue weighted by Gasteiger charge is 2.51. The largest absolute Gasteiger partial charge is 0.325 e. The molecule has 0 atom stereocenters. The molecule has 1 heterocycles. The first-order chi connectivity index (χ1) is 12.4. The number of urea groups is 1. The summed E-state index contributed by atoms with van der Waals surface area (Å²) in [7, 11) is 0. The lowest BCUT2D eigenvalue weighted by molar-refractivity contribution is -0.134. The third kappa shape index (κ3) is 3.74. The van der Waals surface area contributed by atoms with Crippen LogP contribution in [-0.4, -0.2) is 34.8 Å². The van der Waals surface area contributed by atoms with Crippen molar-refractivity contribution in [3.8, 4) is 0 Å². The van der Waals surface area contributed by atoms with E-state index in [0.717, 1.165) is 30.6 Å². The molecule has 2 aliphatic rings. The van der Waals surface area contributed by atoms with Crippen LogP contribution in [0.4, 0.5) is 10.5 Å². The molecule has 1 aromatic carbocycles. The van der Waals surface area contributed by atoms with Crippen molar-refractivity contribution in [1.82, 2.24) is 10.2 Å². The fraction of sp³-hybridized carbons (Fsp3) is 0.550. The number of carbonyl (C=O) groups excluding carboxylic acids is 3. The summed E-state index contributed by atoms with van der Waals surface area (Å²) in [5, 5.41) is 5.62. The number of hydrogen-bond acceptors (Lipinski definition) is 3. The van der Waals surface area contributed by atoms with Gasteiger partial charge in [0.1, 0.15) is 12.1 Å². The molecule has 1 aliphatic carbocycles. The Morgan fingerprint density at radius 2 is 1.73 bits per heavy atom. The summed E-state index contributed by atoms with van der Waals surface area (Å²) in [5.74, 6) is -0.201. The zero-order chi connectivity index (χ0) is 18.7. The second-order valence-electron chi connectivity index (χ2n) is 7.64. The van der Waals surface area contributed by atoms with Crippen LogP contribution in [0.2, 0.25) is 0 Å². The monoisotopic (exact) mass is 357 g/mol. The van der Waals surface area contributed by atoms with Gasteiger partial charge in [0.25, 0.3) is 5.91 Å². The highest BCUT2D eigenvalue weighted by atomic mass is 16.2. The molecule has 1 saturated carbocycles. The average molecular weight is 357 g/mol. The van der Waals surface area contributed by atoms with Gasteiger partial charge in [0, 0.05) is 5.69 Å². The van der Waals surface area contributed by atoms with E-state index < -0.39 is 11.6 Å². The van der Waals surface area contributed by atoms with Gasteiger partial charge >= 0.3 is 6.03 Å². The van der Waals surface area contributed by atoms with Crippen molar-refractivity contribution in [3.63, 3.8) is 0 Å². The predicted molar refractivity (Wildman–Crippen MR) is 99.8 cm³/mol. The second kappa shape index (κ2) is 7.48. The first-order valence-electron chi connectivity index (χ1n) is 9.45. The molecule has 140 valence electrons. The summed E-state index contributed by atoms with van der Waals surface area (Å²) >= 11 is 0. The fourth-order valence-electron chi connectivity index (χ4n) is 3.79. The summed E-state index contributed by atoms with van der Waals surface area (Å²) in [6.45, 7) is 3.96. The Kier molecular flexibility index (Phi) is 5.30. The van der Waals surface area contributed by atoms with Gasteiger partial charge in [-0.3, -0.25) is 14.5 Å². The summed E-state index contributed by atoms with van der Waals surface area (Å²) in [5.41, 5.74) is 1.05. The third-order valence-corrected chi connectivity index (χ3v) is 5.37. The normalized spacial score (nSPS) is 19.6. The van der Waals surface area contributed by atoms with Gasteiger partial charge in [-0.1, -0.05) is 51.7 Å². The topological polar surface area (TPSA) is 78.5 Å². The molecular weight excluding hydrogens is 330 g/mol. The van der Waals surface area contributed by atoms with E-state index in [-0.39, 0.29) is 18.4 Å². The maximum atomic E-state index is 12.8. The van der Waals surface area contributed by atoms with Crippen LogP contribution >= 0.6 is 0 Å².